The second-order valence-electron chi connectivity index (χ2n) is 5.05. The zero-order valence-corrected chi connectivity index (χ0v) is 13.2. The first kappa shape index (κ1) is 16.1. The van der Waals surface area contributed by atoms with Crippen molar-refractivity contribution in [3.63, 3.8) is 0 Å². The van der Waals surface area contributed by atoms with Crippen molar-refractivity contribution in [3.8, 4) is 0 Å². The molecule has 1 heterocycles. The predicted molar refractivity (Wildman–Crippen MR) is 79.4 cm³/mol. The molecule has 1 amide bonds. The van der Waals surface area contributed by atoms with Crippen LogP contribution in [0.1, 0.15) is 36.2 Å². The Bertz CT molecular complexity index is 515. The molecule has 0 saturated heterocycles. The molecular weight excluding hydrogens is 291 g/mol. The molecule has 0 radical (unpaired) electrons. The number of carbonyl (C=O) groups excluding carboxylic acids is 1. The van der Waals surface area contributed by atoms with Crippen LogP contribution in [0.5, 0.6) is 0 Å². The predicted octanol–water partition coefficient (Wildman–Crippen LogP) is 2.61. The van der Waals surface area contributed by atoms with Gasteiger partial charge in [-0.15, -0.1) is 0 Å². The Kier molecular flexibility index (Phi) is 5.51. The van der Waals surface area contributed by atoms with Gasteiger partial charge >= 0.3 is 7.60 Å². The SMILES string of the molecule is COP(=O)(OC)[C@@H]1CCCC[C@H]1NC(=O)c1ccccn1. The molecule has 2 rings (SSSR count). The molecule has 0 bridgehead atoms. The van der Waals surface area contributed by atoms with Crippen molar-refractivity contribution in [3.05, 3.63) is 30.1 Å². The van der Waals surface area contributed by atoms with Gasteiger partial charge in [-0.1, -0.05) is 18.9 Å². The number of amides is 1. The van der Waals surface area contributed by atoms with Gasteiger partial charge in [0.05, 0.1) is 5.66 Å². The lowest BCUT2D eigenvalue weighted by Gasteiger charge is -2.35. The normalized spacial score (nSPS) is 22.8. The van der Waals surface area contributed by atoms with Crippen LogP contribution in [0.4, 0.5) is 0 Å². The Hall–Kier alpha value is -1.23. The molecule has 1 aliphatic carbocycles. The molecule has 21 heavy (non-hydrogen) atoms. The van der Waals surface area contributed by atoms with Gasteiger partial charge in [-0.05, 0) is 25.0 Å². The second kappa shape index (κ2) is 7.16. The molecule has 7 heteroatoms. The van der Waals surface area contributed by atoms with E-state index in [1.54, 1.807) is 24.4 Å². The minimum atomic E-state index is -3.20. The topological polar surface area (TPSA) is 77.5 Å². The van der Waals surface area contributed by atoms with Gasteiger partial charge in [-0.25, -0.2) is 0 Å². The lowest BCUT2D eigenvalue weighted by atomic mass is 9.94. The summed E-state index contributed by atoms with van der Waals surface area (Å²) < 4.78 is 22.8. The molecule has 1 aliphatic rings. The Morgan fingerprint density at radius 3 is 2.62 bits per heavy atom. The minimum absolute atomic E-state index is 0.223. The van der Waals surface area contributed by atoms with Crippen LogP contribution in [0.2, 0.25) is 0 Å². The van der Waals surface area contributed by atoms with Crippen molar-refractivity contribution in [2.24, 2.45) is 0 Å². The minimum Gasteiger partial charge on any atom is -0.347 e. The lowest BCUT2D eigenvalue weighted by molar-refractivity contribution is 0.0920. The number of pyridine rings is 1. The zero-order chi connectivity index (χ0) is 15.3. The molecule has 0 aliphatic heterocycles. The molecular formula is C14H21N2O4P. The molecule has 116 valence electrons. The number of hydrogen-bond donors (Lipinski definition) is 1. The van der Waals surface area contributed by atoms with Crippen LogP contribution in [-0.2, 0) is 13.6 Å². The monoisotopic (exact) mass is 312 g/mol. The molecule has 1 saturated carbocycles. The number of hydrogen-bond acceptors (Lipinski definition) is 5. The van der Waals surface area contributed by atoms with Crippen LogP contribution < -0.4 is 5.32 Å². The van der Waals surface area contributed by atoms with E-state index >= 15 is 0 Å². The summed E-state index contributed by atoms with van der Waals surface area (Å²) in [5.41, 5.74) is 0.0420. The maximum Gasteiger partial charge on any atom is 0.335 e. The second-order valence-corrected chi connectivity index (χ2v) is 7.52. The van der Waals surface area contributed by atoms with Gasteiger partial charge < -0.3 is 14.4 Å². The average Bonchev–Trinajstić information content (AvgIpc) is 2.55. The molecule has 1 aromatic heterocycles. The number of carbonyl (C=O) groups is 1. The fraction of sp³-hybridized carbons (Fsp3) is 0.571. The lowest BCUT2D eigenvalue weighted by Crippen LogP contribution is -2.45. The van der Waals surface area contributed by atoms with E-state index in [1.165, 1.54) is 14.2 Å². The standard InChI is InChI=1S/C14H21N2O4P/c1-19-21(18,20-2)13-9-4-3-7-11(13)16-14(17)12-8-5-6-10-15-12/h5-6,8,10-11,13H,3-4,7,9H2,1-2H3,(H,16,17)/t11-,13-/m1/s1. The van der Waals surface area contributed by atoms with Gasteiger partial charge in [0.25, 0.3) is 5.91 Å². The summed E-state index contributed by atoms with van der Waals surface area (Å²) in [5, 5.41) is 2.93. The Morgan fingerprint density at radius 2 is 2.00 bits per heavy atom. The number of aromatic nitrogens is 1. The third-order valence-corrected chi connectivity index (χ3v) is 6.31. The number of nitrogens with one attached hydrogen (secondary N) is 1. The van der Waals surface area contributed by atoms with E-state index in [1.807, 2.05) is 0 Å². The van der Waals surface area contributed by atoms with Gasteiger partial charge in [-0.2, -0.15) is 0 Å². The highest BCUT2D eigenvalue weighted by Gasteiger charge is 2.42. The van der Waals surface area contributed by atoms with Gasteiger partial charge in [0.2, 0.25) is 0 Å². The van der Waals surface area contributed by atoms with E-state index in [0.29, 0.717) is 12.1 Å². The van der Waals surface area contributed by atoms with E-state index in [2.05, 4.69) is 10.3 Å². The zero-order valence-electron chi connectivity index (χ0n) is 12.3. The van der Waals surface area contributed by atoms with Crippen LogP contribution in [0.3, 0.4) is 0 Å². The number of rotatable bonds is 5. The van der Waals surface area contributed by atoms with Gasteiger partial charge in [0, 0.05) is 26.5 Å². The van der Waals surface area contributed by atoms with Crippen LogP contribution in [0.25, 0.3) is 0 Å². The molecule has 0 aromatic carbocycles. The van der Waals surface area contributed by atoms with Crippen LogP contribution in [-0.4, -0.2) is 36.8 Å². The maximum atomic E-state index is 12.6. The summed E-state index contributed by atoms with van der Waals surface area (Å²) in [5.74, 6) is -0.258. The number of nitrogens with zero attached hydrogens (tertiary/aromatic N) is 1. The van der Waals surface area contributed by atoms with E-state index < -0.39 is 7.60 Å². The molecule has 1 fully saturated rings. The van der Waals surface area contributed by atoms with E-state index in [0.717, 1.165) is 19.3 Å². The smallest absolute Gasteiger partial charge is 0.335 e. The first-order chi connectivity index (χ1) is 10.1. The van der Waals surface area contributed by atoms with Crippen molar-refractivity contribution in [1.82, 2.24) is 10.3 Å². The first-order valence-electron chi connectivity index (χ1n) is 7.04. The molecule has 0 unspecified atom stereocenters. The van der Waals surface area contributed by atoms with Crippen LogP contribution in [0.15, 0.2) is 24.4 Å². The van der Waals surface area contributed by atoms with Crippen LogP contribution >= 0.6 is 7.60 Å². The van der Waals surface area contributed by atoms with E-state index in [-0.39, 0.29) is 17.6 Å². The van der Waals surface area contributed by atoms with Crippen molar-refractivity contribution >= 4 is 13.5 Å². The highest BCUT2D eigenvalue weighted by Crippen LogP contribution is 2.56. The highest BCUT2D eigenvalue weighted by molar-refractivity contribution is 7.54. The van der Waals surface area contributed by atoms with Crippen molar-refractivity contribution < 1.29 is 18.4 Å². The Morgan fingerprint density at radius 1 is 1.29 bits per heavy atom. The fourth-order valence-corrected chi connectivity index (χ4v) is 4.60. The Balaban J connectivity index is 2.13. The summed E-state index contributed by atoms with van der Waals surface area (Å²) in [6.07, 6.45) is 4.99. The quantitative estimate of drug-likeness (QED) is 0.846. The van der Waals surface area contributed by atoms with Gasteiger partial charge in [0.1, 0.15) is 5.69 Å². The summed E-state index contributed by atoms with van der Waals surface area (Å²) in [6, 6.07) is 4.94. The first-order valence-corrected chi connectivity index (χ1v) is 8.65. The van der Waals surface area contributed by atoms with Gasteiger partial charge in [0.15, 0.2) is 0 Å². The molecule has 6 nitrogen and oxygen atoms in total. The van der Waals surface area contributed by atoms with E-state index in [4.69, 9.17) is 9.05 Å². The van der Waals surface area contributed by atoms with Gasteiger partial charge in [-0.3, -0.25) is 14.3 Å². The molecule has 1 aromatic rings. The largest absolute Gasteiger partial charge is 0.347 e. The van der Waals surface area contributed by atoms with Crippen molar-refractivity contribution in [2.45, 2.75) is 37.4 Å². The summed E-state index contributed by atoms with van der Waals surface area (Å²) in [7, 11) is -0.425. The van der Waals surface area contributed by atoms with Crippen molar-refractivity contribution in [2.75, 3.05) is 14.2 Å². The Labute approximate surface area is 124 Å². The molecule has 0 spiro atoms. The third kappa shape index (κ3) is 3.70. The molecule has 2 atom stereocenters. The van der Waals surface area contributed by atoms with Crippen LogP contribution in [0, 0.1) is 0 Å². The van der Waals surface area contributed by atoms with E-state index in [9.17, 15) is 9.36 Å². The maximum absolute atomic E-state index is 12.6. The third-order valence-electron chi connectivity index (χ3n) is 3.86. The highest BCUT2D eigenvalue weighted by atomic mass is 31.2. The van der Waals surface area contributed by atoms with Crippen molar-refractivity contribution in [1.29, 1.82) is 0 Å². The summed E-state index contributed by atoms with van der Waals surface area (Å²) in [6.45, 7) is 0. The fourth-order valence-electron chi connectivity index (χ4n) is 2.74. The summed E-state index contributed by atoms with van der Waals surface area (Å²) >= 11 is 0. The molecule has 1 N–H and O–H groups in total. The summed E-state index contributed by atoms with van der Waals surface area (Å²) in [4.78, 5) is 16.2. The average molecular weight is 312 g/mol.